The first-order valence-corrected chi connectivity index (χ1v) is 17.2. The average Bonchev–Trinajstić information content (AvgIpc) is 3.78. The molecule has 2 aliphatic heterocycles. The Morgan fingerprint density at radius 3 is 1.36 bits per heavy atom. The fraction of sp³-hybridized carbons (Fsp3) is 0.538. The molecule has 0 fully saturated rings. The number of carbonyl (C=O) groups is 2. The highest BCUT2D eigenvalue weighted by Gasteiger charge is 2.32. The molecule has 4 N–H and O–H groups in total. The van der Waals surface area contributed by atoms with E-state index in [-0.39, 0.29) is 35.6 Å². The van der Waals surface area contributed by atoms with Crippen LogP contribution in [0.5, 0.6) is 0 Å². The molecule has 0 aromatic carbocycles. The topological polar surface area (TPSA) is 108 Å². The predicted molar refractivity (Wildman–Crippen MR) is 191 cm³/mol. The zero-order valence-electron chi connectivity index (χ0n) is 30.6. The summed E-state index contributed by atoms with van der Waals surface area (Å²) < 4.78 is 10.4. The third-order valence-electron chi connectivity index (χ3n) is 10.8. The largest absolute Gasteiger partial charge is 0.469 e. The van der Waals surface area contributed by atoms with E-state index in [1.54, 1.807) is 0 Å². The van der Waals surface area contributed by atoms with E-state index in [9.17, 15) is 9.59 Å². The minimum Gasteiger partial charge on any atom is -0.469 e. The summed E-state index contributed by atoms with van der Waals surface area (Å²) in [4.78, 5) is 33.2. The maximum absolute atomic E-state index is 12.8. The lowest BCUT2D eigenvalue weighted by Gasteiger charge is -2.22. The van der Waals surface area contributed by atoms with E-state index in [1.807, 2.05) is 13.8 Å². The molecule has 2 aliphatic rings. The fourth-order valence-electron chi connectivity index (χ4n) is 7.54. The van der Waals surface area contributed by atoms with Gasteiger partial charge in [-0.05, 0) is 109 Å². The van der Waals surface area contributed by atoms with Crippen LogP contribution < -0.4 is 10.6 Å². The lowest BCUT2D eigenvalue weighted by molar-refractivity contribution is -0.146. The van der Waals surface area contributed by atoms with E-state index in [0.717, 1.165) is 82.4 Å². The normalized spacial score (nSPS) is 19.2. The highest BCUT2D eigenvalue weighted by Crippen LogP contribution is 2.39. The standard InChI is InChI=1S/C39H56N4O4/c1-13-28-20(3)18-40-32(28)15-30-26(9)36(22(5)24(7)38(44)46-11)34(42-30)17-35-37(23(6)25(8)39(45)47-12)27(10)31(43-35)16-33-29(14-2)21(4)19-41-33/h15-16,22-25,40-43H,13-14,17-19H2,1-12H3/b32-15-,33-16-/t22-,23-,24-,25-/m0/s1. The zero-order chi connectivity index (χ0) is 34.7. The first-order chi connectivity index (χ1) is 22.3. The van der Waals surface area contributed by atoms with Gasteiger partial charge in [0.1, 0.15) is 0 Å². The minimum atomic E-state index is -0.328. The van der Waals surface area contributed by atoms with Crippen LogP contribution in [0.2, 0.25) is 0 Å². The van der Waals surface area contributed by atoms with Crippen molar-refractivity contribution in [3.05, 3.63) is 78.7 Å². The number of nitrogens with one attached hydrogen (secondary N) is 4. The summed E-state index contributed by atoms with van der Waals surface area (Å²) in [6.07, 6.45) is 6.95. The molecule has 0 amide bonds. The van der Waals surface area contributed by atoms with E-state index in [4.69, 9.17) is 9.47 Å². The molecule has 47 heavy (non-hydrogen) atoms. The lowest BCUT2D eigenvalue weighted by atomic mass is 9.83. The highest BCUT2D eigenvalue weighted by atomic mass is 16.5. The van der Waals surface area contributed by atoms with Crippen LogP contribution in [0.25, 0.3) is 12.2 Å². The van der Waals surface area contributed by atoms with Crippen molar-refractivity contribution in [3.8, 4) is 0 Å². The van der Waals surface area contributed by atoms with Crippen molar-refractivity contribution in [1.82, 2.24) is 20.6 Å². The van der Waals surface area contributed by atoms with Crippen LogP contribution in [0.4, 0.5) is 0 Å². The molecular weight excluding hydrogens is 588 g/mol. The van der Waals surface area contributed by atoms with Crippen LogP contribution in [0, 0.1) is 25.7 Å². The molecule has 0 saturated carbocycles. The first kappa shape index (κ1) is 35.9. The third-order valence-corrected chi connectivity index (χ3v) is 10.8. The van der Waals surface area contributed by atoms with Gasteiger partial charge in [-0.15, -0.1) is 0 Å². The van der Waals surface area contributed by atoms with Gasteiger partial charge in [-0.1, -0.05) is 41.5 Å². The first-order valence-electron chi connectivity index (χ1n) is 17.2. The van der Waals surface area contributed by atoms with Gasteiger partial charge >= 0.3 is 11.9 Å². The Hall–Kier alpha value is -3.94. The average molecular weight is 645 g/mol. The SMILES string of the molecule is CCC1=C(C)CN/C1=C\c1[nH]c(Cc2[nH]c(/C=C3\NCC(C)=C3CC)c(C)c2[C@@H](C)[C@H](C)C(=O)OC)c([C@@H](C)[C@H](C)C(=O)OC)c1C. The molecule has 0 unspecified atom stereocenters. The third kappa shape index (κ3) is 7.02. The molecule has 8 heteroatoms. The minimum absolute atomic E-state index is 0.0873. The smallest absolute Gasteiger partial charge is 0.308 e. The Morgan fingerprint density at radius 2 is 1.04 bits per heavy atom. The van der Waals surface area contributed by atoms with E-state index in [1.165, 1.54) is 36.5 Å². The molecule has 4 rings (SSSR count). The van der Waals surface area contributed by atoms with Crippen molar-refractivity contribution in [2.75, 3.05) is 27.3 Å². The Morgan fingerprint density at radius 1 is 0.681 bits per heavy atom. The number of hydrogen-bond donors (Lipinski definition) is 4. The lowest BCUT2D eigenvalue weighted by Crippen LogP contribution is -2.21. The second-order valence-electron chi connectivity index (χ2n) is 13.5. The van der Waals surface area contributed by atoms with Gasteiger partial charge in [0.15, 0.2) is 0 Å². The molecule has 4 atom stereocenters. The maximum Gasteiger partial charge on any atom is 0.308 e. The van der Waals surface area contributed by atoms with Crippen molar-refractivity contribution in [1.29, 1.82) is 0 Å². The fourth-order valence-corrected chi connectivity index (χ4v) is 7.54. The van der Waals surface area contributed by atoms with Gasteiger partial charge in [0.05, 0.1) is 26.1 Å². The van der Waals surface area contributed by atoms with Gasteiger partial charge in [-0.2, -0.15) is 0 Å². The number of allylic oxidation sites excluding steroid dienone is 2. The second kappa shape index (κ2) is 14.9. The molecule has 2 aromatic rings. The molecule has 0 aliphatic carbocycles. The molecule has 0 saturated heterocycles. The van der Waals surface area contributed by atoms with Crippen LogP contribution in [0.15, 0.2) is 33.7 Å². The quantitative estimate of drug-likeness (QED) is 0.176. The summed E-state index contributed by atoms with van der Waals surface area (Å²) in [6.45, 7) is 22.9. The van der Waals surface area contributed by atoms with E-state index < -0.39 is 0 Å². The number of esters is 2. The number of rotatable bonds is 12. The summed E-state index contributed by atoms with van der Waals surface area (Å²) in [6, 6.07) is 0. The molecule has 2 aromatic heterocycles. The Balaban J connectivity index is 1.90. The molecule has 0 radical (unpaired) electrons. The van der Waals surface area contributed by atoms with E-state index >= 15 is 0 Å². The van der Waals surface area contributed by atoms with Crippen molar-refractivity contribution < 1.29 is 19.1 Å². The van der Waals surface area contributed by atoms with Gasteiger partial charge in [0.2, 0.25) is 0 Å². The molecular formula is C39H56N4O4. The van der Waals surface area contributed by atoms with Crippen LogP contribution >= 0.6 is 0 Å². The van der Waals surface area contributed by atoms with Gasteiger partial charge in [-0.3, -0.25) is 9.59 Å². The Labute approximate surface area is 281 Å². The van der Waals surface area contributed by atoms with Crippen molar-refractivity contribution >= 4 is 24.1 Å². The van der Waals surface area contributed by atoms with Crippen molar-refractivity contribution in [2.45, 2.75) is 100 Å². The van der Waals surface area contributed by atoms with Gasteiger partial charge < -0.3 is 30.1 Å². The highest BCUT2D eigenvalue weighted by molar-refractivity contribution is 5.75. The van der Waals surface area contributed by atoms with Crippen LogP contribution in [-0.4, -0.2) is 49.2 Å². The summed E-state index contributed by atoms with van der Waals surface area (Å²) >= 11 is 0. The summed E-state index contributed by atoms with van der Waals surface area (Å²) in [7, 11) is 2.90. The van der Waals surface area contributed by atoms with Gasteiger partial charge in [0.25, 0.3) is 0 Å². The molecule has 4 heterocycles. The van der Waals surface area contributed by atoms with Gasteiger partial charge in [-0.25, -0.2) is 0 Å². The number of methoxy groups -OCH3 is 2. The number of ether oxygens (including phenoxy) is 2. The molecule has 0 bridgehead atoms. The van der Waals surface area contributed by atoms with Crippen LogP contribution in [0.3, 0.4) is 0 Å². The molecule has 0 spiro atoms. The number of carbonyl (C=O) groups excluding carboxylic acids is 2. The van der Waals surface area contributed by atoms with E-state index in [0.29, 0.717) is 6.42 Å². The summed E-state index contributed by atoms with van der Waals surface area (Å²) in [5.41, 5.74) is 16.4. The Kier molecular flexibility index (Phi) is 11.4. The number of hydrogen-bond acceptors (Lipinski definition) is 6. The van der Waals surface area contributed by atoms with Gasteiger partial charge in [0, 0.05) is 53.7 Å². The monoisotopic (exact) mass is 644 g/mol. The molecule has 8 nitrogen and oxygen atoms in total. The zero-order valence-corrected chi connectivity index (χ0v) is 30.6. The van der Waals surface area contributed by atoms with E-state index in [2.05, 4.69) is 88.1 Å². The molecule has 256 valence electrons. The van der Waals surface area contributed by atoms with Crippen LogP contribution in [-0.2, 0) is 25.5 Å². The number of aromatic nitrogens is 2. The number of H-pyrrole nitrogens is 2. The van der Waals surface area contributed by atoms with Crippen molar-refractivity contribution in [2.24, 2.45) is 11.8 Å². The summed E-state index contributed by atoms with van der Waals surface area (Å²) in [5, 5.41) is 7.15. The second-order valence-corrected chi connectivity index (χ2v) is 13.5. The predicted octanol–water partition coefficient (Wildman–Crippen LogP) is 7.72. The van der Waals surface area contributed by atoms with Crippen molar-refractivity contribution in [3.63, 3.8) is 0 Å². The number of aromatic amines is 2. The van der Waals surface area contributed by atoms with Crippen LogP contribution in [0.1, 0.15) is 125 Å². The maximum atomic E-state index is 12.8. The Bertz CT molecular complexity index is 1530. The summed E-state index contributed by atoms with van der Waals surface area (Å²) in [5.74, 6) is -1.28.